The Kier molecular flexibility index (Phi) is 4.34. The van der Waals surface area contributed by atoms with Gasteiger partial charge >= 0.3 is 0 Å². The van der Waals surface area contributed by atoms with Crippen molar-refractivity contribution >= 4 is 22.6 Å². The van der Waals surface area contributed by atoms with Crippen molar-refractivity contribution < 1.29 is 4.79 Å². The highest BCUT2D eigenvalue weighted by Crippen LogP contribution is 2.19. The third kappa shape index (κ3) is 2.96. The minimum absolute atomic E-state index is 0.166. The van der Waals surface area contributed by atoms with Crippen molar-refractivity contribution in [1.82, 2.24) is 14.8 Å². The Hall–Kier alpha value is -1.95. The first-order valence-electron chi connectivity index (χ1n) is 6.88. The number of nitrogens with two attached hydrogens (primary N) is 1. The van der Waals surface area contributed by atoms with E-state index in [-0.39, 0.29) is 5.91 Å². The lowest BCUT2D eigenvalue weighted by Crippen LogP contribution is -2.35. The molecule has 6 heteroatoms. The summed E-state index contributed by atoms with van der Waals surface area (Å²) in [7, 11) is 1.85. The van der Waals surface area contributed by atoms with Gasteiger partial charge in [-0.15, -0.1) is 0 Å². The quantitative estimate of drug-likeness (QED) is 0.870. The van der Waals surface area contributed by atoms with Crippen LogP contribution in [0.3, 0.4) is 0 Å². The number of unbranched alkanes of at least 4 members (excludes halogenated alkanes) is 1. The molecule has 0 fully saturated rings. The monoisotopic (exact) mass is 275 g/mol. The largest absolute Gasteiger partial charge is 0.323 e. The van der Waals surface area contributed by atoms with Gasteiger partial charge in [-0.2, -0.15) is 5.10 Å². The van der Waals surface area contributed by atoms with Crippen LogP contribution in [0.25, 0.3) is 11.0 Å². The van der Waals surface area contributed by atoms with Crippen LogP contribution in [0.5, 0.6) is 0 Å². The number of fused-ring (bicyclic) bond motifs is 1. The molecule has 2 rings (SSSR count). The average Bonchev–Trinajstić information content (AvgIpc) is 2.71. The third-order valence-electron chi connectivity index (χ3n) is 3.34. The normalized spacial score (nSPS) is 12.6. The van der Waals surface area contributed by atoms with E-state index in [1.54, 1.807) is 10.9 Å². The van der Waals surface area contributed by atoms with E-state index in [1.807, 2.05) is 20.0 Å². The van der Waals surface area contributed by atoms with Crippen molar-refractivity contribution in [3.63, 3.8) is 0 Å². The van der Waals surface area contributed by atoms with Crippen LogP contribution < -0.4 is 11.1 Å². The molecule has 0 saturated carbocycles. The van der Waals surface area contributed by atoms with E-state index in [1.165, 1.54) is 0 Å². The van der Waals surface area contributed by atoms with Gasteiger partial charge in [0.25, 0.3) is 0 Å². The minimum Gasteiger partial charge on any atom is -0.323 e. The van der Waals surface area contributed by atoms with Gasteiger partial charge in [-0.25, -0.2) is 4.98 Å². The fraction of sp³-hybridized carbons (Fsp3) is 0.500. The summed E-state index contributed by atoms with van der Waals surface area (Å²) in [6.07, 6.45) is 4.31. The molecule has 0 aliphatic rings. The smallest absolute Gasteiger partial charge is 0.241 e. The van der Waals surface area contributed by atoms with Gasteiger partial charge in [0.1, 0.15) is 0 Å². The Morgan fingerprint density at radius 3 is 3.00 bits per heavy atom. The fourth-order valence-electron chi connectivity index (χ4n) is 2.17. The summed E-state index contributed by atoms with van der Waals surface area (Å²) < 4.78 is 1.73. The highest BCUT2D eigenvalue weighted by Gasteiger charge is 2.14. The van der Waals surface area contributed by atoms with Gasteiger partial charge in [-0.3, -0.25) is 9.48 Å². The summed E-state index contributed by atoms with van der Waals surface area (Å²) in [5, 5.41) is 8.06. The first-order valence-corrected chi connectivity index (χ1v) is 6.88. The van der Waals surface area contributed by atoms with E-state index in [4.69, 9.17) is 5.73 Å². The van der Waals surface area contributed by atoms with E-state index in [0.29, 0.717) is 12.1 Å². The SMILES string of the molecule is CCCC[C@H](N)C(=O)Nc1cnc2c(c1)c(C)nn2C. The van der Waals surface area contributed by atoms with Crippen molar-refractivity contribution in [3.8, 4) is 0 Å². The topological polar surface area (TPSA) is 85.8 Å². The first kappa shape index (κ1) is 14.5. The maximum absolute atomic E-state index is 12.0. The maximum atomic E-state index is 12.0. The lowest BCUT2D eigenvalue weighted by Gasteiger charge is -2.11. The number of hydrogen-bond donors (Lipinski definition) is 2. The summed E-state index contributed by atoms with van der Waals surface area (Å²) in [6, 6.07) is 1.41. The number of nitrogens with one attached hydrogen (secondary N) is 1. The highest BCUT2D eigenvalue weighted by molar-refractivity contribution is 5.96. The Balaban J connectivity index is 2.13. The Labute approximate surface area is 118 Å². The number of aryl methyl sites for hydroxylation is 2. The van der Waals surface area contributed by atoms with Gasteiger partial charge in [-0.1, -0.05) is 19.8 Å². The summed E-state index contributed by atoms with van der Waals surface area (Å²) >= 11 is 0. The summed E-state index contributed by atoms with van der Waals surface area (Å²) in [5.74, 6) is -0.166. The number of anilines is 1. The summed E-state index contributed by atoms with van der Waals surface area (Å²) in [6.45, 7) is 4.00. The lowest BCUT2D eigenvalue weighted by atomic mass is 10.1. The van der Waals surface area contributed by atoms with Crippen LogP contribution in [0.4, 0.5) is 5.69 Å². The molecule has 0 bridgehead atoms. The van der Waals surface area contributed by atoms with Crippen LogP contribution in [-0.4, -0.2) is 26.7 Å². The molecule has 1 amide bonds. The summed E-state index contributed by atoms with van der Waals surface area (Å²) in [4.78, 5) is 16.3. The molecule has 0 radical (unpaired) electrons. The number of carbonyl (C=O) groups is 1. The molecule has 0 spiro atoms. The van der Waals surface area contributed by atoms with Crippen LogP contribution in [0.2, 0.25) is 0 Å². The van der Waals surface area contributed by atoms with Gasteiger partial charge in [0.15, 0.2) is 5.65 Å². The lowest BCUT2D eigenvalue weighted by molar-refractivity contribution is -0.117. The second kappa shape index (κ2) is 6.00. The van der Waals surface area contributed by atoms with E-state index in [9.17, 15) is 4.79 Å². The van der Waals surface area contributed by atoms with E-state index >= 15 is 0 Å². The van der Waals surface area contributed by atoms with Crippen LogP contribution in [0.15, 0.2) is 12.3 Å². The van der Waals surface area contributed by atoms with Gasteiger partial charge in [-0.05, 0) is 19.4 Å². The molecule has 2 aromatic heterocycles. The zero-order valence-electron chi connectivity index (χ0n) is 12.2. The molecule has 108 valence electrons. The number of aromatic nitrogens is 3. The molecular formula is C14H21N5O. The molecule has 3 N–H and O–H groups in total. The molecule has 2 aromatic rings. The third-order valence-corrected chi connectivity index (χ3v) is 3.34. The molecule has 0 unspecified atom stereocenters. The van der Waals surface area contributed by atoms with Gasteiger partial charge in [0.2, 0.25) is 5.91 Å². The van der Waals surface area contributed by atoms with Crippen LogP contribution in [0.1, 0.15) is 31.9 Å². The molecule has 1 atom stereocenters. The zero-order chi connectivity index (χ0) is 14.7. The highest BCUT2D eigenvalue weighted by atomic mass is 16.2. The Bertz CT molecular complexity index is 619. The second-order valence-corrected chi connectivity index (χ2v) is 5.04. The second-order valence-electron chi connectivity index (χ2n) is 5.04. The van der Waals surface area contributed by atoms with Gasteiger partial charge < -0.3 is 11.1 Å². The van der Waals surface area contributed by atoms with Crippen molar-refractivity contribution in [1.29, 1.82) is 0 Å². The molecule has 0 aliphatic carbocycles. The Morgan fingerprint density at radius 2 is 2.30 bits per heavy atom. The predicted molar refractivity (Wildman–Crippen MR) is 79.4 cm³/mol. The molecule has 2 heterocycles. The van der Waals surface area contributed by atoms with Crippen LogP contribution in [0, 0.1) is 6.92 Å². The van der Waals surface area contributed by atoms with E-state index in [0.717, 1.165) is 29.6 Å². The fourth-order valence-corrected chi connectivity index (χ4v) is 2.17. The first-order chi connectivity index (χ1) is 9.52. The van der Waals surface area contributed by atoms with Crippen LogP contribution in [-0.2, 0) is 11.8 Å². The molecule has 0 aliphatic heterocycles. The van der Waals surface area contributed by atoms with Crippen molar-refractivity contribution in [2.24, 2.45) is 12.8 Å². The number of hydrogen-bond acceptors (Lipinski definition) is 4. The zero-order valence-corrected chi connectivity index (χ0v) is 12.2. The van der Waals surface area contributed by atoms with Crippen molar-refractivity contribution in [3.05, 3.63) is 18.0 Å². The number of carbonyl (C=O) groups excluding carboxylic acids is 1. The molecular weight excluding hydrogens is 254 g/mol. The van der Waals surface area contributed by atoms with Crippen LogP contribution >= 0.6 is 0 Å². The summed E-state index contributed by atoms with van der Waals surface area (Å²) in [5.41, 5.74) is 8.20. The van der Waals surface area contributed by atoms with E-state index < -0.39 is 6.04 Å². The number of rotatable bonds is 5. The van der Waals surface area contributed by atoms with Gasteiger partial charge in [0, 0.05) is 12.4 Å². The predicted octanol–water partition coefficient (Wildman–Crippen LogP) is 1.73. The maximum Gasteiger partial charge on any atom is 0.241 e. The van der Waals surface area contributed by atoms with Crippen molar-refractivity contribution in [2.75, 3.05) is 5.32 Å². The number of pyridine rings is 1. The standard InChI is InChI=1S/C14H21N5O/c1-4-5-6-12(15)14(20)17-10-7-11-9(2)18-19(3)13(11)16-8-10/h7-8,12H,4-6,15H2,1-3H3,(H,17,20)/t12-/m0/s1. The minimum atomic E-state index is -0.472. The Morgan fingerprint density at radius 1 is 1.55 bits per heavy atom. The van der Waals surface area contributed by atoms with E-state index in [2.05, 4.69) is 22.3 Å². The average molecular weight is 275 g/mol. The molecule has 0 saturated heterocycles. The number of nitrogens with zero attached hydrogens (tertiary/aromatic N) is 3. The van der Waals surface area contributed by atoms with Gasteiger partial charge in [0.05, 0.1) is 23.6 Å². The molecule has 6 nitrogen and oxygen atoms in total. The molecule has 0 aromatic carbocycles. The van der Waals surface area contributed by atoms with Crippen molar-refractivity contribution in [2.45, 2.75) is 39.2 Å². The molecule has 20 heavy (non-hydrogen) atoms. The number of amides is 1.